The predicted octanol–water partition coefficient (Wildman–Crippen LogP) is 5.11. The molecule has 2 rings (SSSR count). The minimum Gasteiger partial charge on any atom is -0.495 e. The number of ether oxygens (including phenoxy) is 1. The van der Waals surface area contributed by atoms with Crippen molar-refractivity contribution in [1.29, 1.82) is 0 Å². The number of oxime groups is 1. The summed E-state index contributed by atoms with van der Waals surface area (Å²) in [5.74, 6) is 1.21. The number of halogens is 2. The average Bonchev–Trinajstić information content (AvgIpc) is 3.20. The number of hydrogen-bond acceptors (Lipinski definition) is 5. The van der Waals surface area contributed by atoms with Crippen molar-refractivity contribution in [3.63, 3.8) is 0 Å². The number of likely N-dealkylation sites (N-methyl/N-ethyl adjacent to an activating group) is 1. The van der Waals surface area contributed by atoms with Gasteiger partial charge >= 0.3 is 0 Å². The van der Waals surface area contributed by atoms with E-state index in [9.17, 15) is 0 Å². The summed E-state index contributed by atoms with van der Waals surface area (Å²) in [7, 11) is 1.56. The molecule has 0 bridgehead atoms. The minimum absolute atomic E-state index is 0.342. The van der Waals surface area contributed by atoms with Crippen LogP contribution < -0.4 is 4.74 Å². The molecule has 160 valence electrons. The summed E-state index contributed by atoms with van der Waals surface area (Å²) in [5.41, 5.74) is 1.21. The number of hydrogen-bond donors (Lipinski definition) is 0. The van der Waals surface area contributed by atoms with Crippen LogP contribution in [-0.2, 0) is 11.4 Å². The number of unbranched alkanes of at least 4 members (excludes halogenated alkanes) is 1. The van der Waals surface area contributed by atoms with Gasteiger partial charge in [-0.25, -0.2) is 4.98 Å². The second-order valence-corrected chi connectivity index (χ2v) is 7.30. The van der Waals surface area contributed by atoms with Gasteiger partial charge in [-0.1, -0.05) is 55.5 Å². The highest BCUT2D eigenvalue weighted by Gasteiger charge is 2.21. The van der Waals surface area contributed by atoms with Crippen molar-refractivity contribution in [1.82, 2.24) is 14.5 Å². The van der Waals surface area contributed by atoms with Crippen molar-refractivity contribution >= 4 is 28.9 Å². The van der Waals surface area contributed by atoms with Gasteiger partial charge in [-0.3, -0.25) is 0 Å². The molecule has 0 atom stereocenters. The Morgan fingerprint density at radius 3 is 2.59 bits per heavy atom. The van der Waals surface area contributed by atoms with Crippen LogP contribution in [0.1, 0.15) is 45.0 Å². The van der Waals surface area contributed by atoms with E-state index in [1.165, 1.54) is 0 Å². The average molecular weight is 441 g/mol. The van der Waals surface area contributed by atoms with Crippen LogP contribution in [0.3, 0.4) is 0 Å². The van der Waals surface area contributed by atoms with E-state index in [0.29, 0.717) is 39.5 Å². The highest BCUT2D eigenvalue weighted by molar-refractivity contribution is 6.45. The van der Waals surface area contributed by atoms with Crippen molar-refractivity contribution < 1.29 is 9.57 Å². The molecule has 0 saturated carbocycles. The molecule has 0 saturated heterocycles. The monoisotopic (exact) mass is 440 g/mol. The first kappa shape index (κ1) is 23.5. The highest BCUT2D eigenvalue weighted by Crippen LogP contribution is 2.35. The molecule has 0 spiro atoms. The number of rotatable bonds is 12. The lowest BCUT2D eigenvalue weighted by molar-refractivity contribution is 0.114. The third-order valence-electron chi connectivity index (χ3n) is 4.75. The third-order valence-corrected chi connectivity index (χ3v) is 5.62. The fraction of sp³-hybridized carbons (Fsp3) is 0.524. The zero-order valence-electron chi connectivity index (χ0n) is 17.6. The van der Waals surface area contributed by atoms with E-state index in [2.05, 4.69) is 40.4 Å². The summed E-state index contributed by atoms with van der Waals surface area (Å²) >= 11 is 12.9. The second kappa shape index (κ2) is 12.1. The van der Waals surface area contributed by atoms with Gasteiger partial charge in [0.1, 0.15) is 17.4 Å². The summed E-state index contributed by atoms with van der Waals surface area (Å²) in [6.45, 7) is 10.5. The Labute approximate surface area is 183 Å². The number of benzene rings is 1. The zero-order valence-corrected chi connectivity index (χ0v) is 19.1. The topological polar surface area (TPSA) is 51.9 Å². The quantitative estimate of drug-likeness (QED) is 0.261. The number of aromatic nitrogens is 2. The van der Waals surface area contributed by atoms with E-state index in [0.717, 1.165) is 39.0 Å². The van der Waals surface area contributed by atoms with Crippen molar-refractivity contribution in [2.45, 2.75) is 40.2 Å². The van der Waals surface area contributed by atoms with Gasteiger partial charge in [-0.05, 0) is 31.6 Å². The number of nitrogens with zero attached hydrogens (tertiary/aromatic N) is 4. The fourth-order valence-corrected chi connectivity index (χ4v) is 3.43. The molecule has 1 heterocycles. The molecule has 1 aromatic heterocycles. The molecular formula is C21H30Cl2N4O2. The molecule has 0 fully saturated rings. The van der Waals surface area contributed by atoms with Crippen LogP contribution >= 0.6 is 23.2 Å². The van der Waals surface area contributed by atoms with Crippen LogP contribution in [0, 0.1) is 0 Å². The van der Waals surface area contributed by atoms with E-state index in [-0.39, 0.29) is 0 Å². The lowest BCUT2D eigenvalue weighted by Gasteiger charge is -2.17. The predicted molar refractivity (Wildman–Crippen MR) is 120 cm³/mol. The Balaban J connectivity index is 2.38. The smallest absolute Gasteiger partial charge is 0.162 e. The Kier molecular flexibility index (Phi) is 9.78. The first-order valence-electron chi connectivity index (χ1n) is 10.0. The molecule has 8 heteroatoms. The van der Waals surface area contributed by atoms with Gasteiger partial charge < -0.3 is 19.0 Å². The van der Waals surface area contributed by atoms with Crippen LogP contribution in [0.4, 0.5) is 0 Å². The van der Waals surface area contributed by atoms with E-state index < -0.39 is 0 Å². The normalized spacial score (nSPS) is 11.9. The highest BCUT2D eigenvalue weighted by atomic mass is 35.5. The SMILES string of the molecule is CCCCn1ccnc1/C(=N\OCCN(CC)CC)c1ccc(OC)c(Cl)c1Cl. The third kappa shape index (κ3) is 6.11. The molecule has 2 aromatic rings. The fourth-order valence-electron chi connectivity index (χ4n) is 2.94. The first-order valence-corrected chi connectivity index (χ1v) is 10.8. The van der Waals surface area contributed by atoms with E-state index in [1.54, 1.807) is 19.4 Å². The minimum atomic E-state index is 0.342. The maximum Gasteiger partial charge on any atom is 0.162 e. The molecule has 0 unspecified atom stereocenters. The van der Waals surface area contributed by atoms with Crippen molar-refractivity contribution in [3.05, 3.63) is 46.0 Å². The Morgan fingerprint density at radius 2 is 1.93 bits per heavy atom. The van der Waals surface area contributed by atoms with E-state index in [1.807, 2.05) is 12.3 Å². The van der Waals surface area contributed by atoms with Gasteiger partial charge in [0, 0.05) is 31.0 Å². The van der Waals surface area contributed by atoms with Crippen LogP contribution in [0.5, 0.6) is 5.75 Å². The van der Waals surface area contributed by atoms with Crippen molar-refractivity contribution in [3.8, 4) is 5.75 Å². The van der Waals surface area contributed by atoms with E-state index in [4.69, 9.17) is 32.8 Å². The Morgan fingerprint density at radius 1 is 1.17 bits per heavy atom. The van der Waals surface area contributed by atoms with Crippen LogP contribution in [0.25, 0.3) is 0 Å². The molecule has 6 nitrogen and oxygen atoms in total. The number of aryl methyl sites for hydroxylation is 1. The number of methoxy groups -OCH3 is 1. The molecule has 0 aliphatic heterocycles. The molecule has 29 heavy (non-hydrogen) atoms. The summed E-state index contributed by atoms with van der Waals surface area (Å²) < 4.78 is 7.32. The zero-order chi connectivity index (χ0) is 21.2. The Bertz CT molecular complexity index is 804. The molecule has 0 aliphatic carbocycles. The lowest BCUT2D eigenvalue weighted by Crippen LogP contribution is -2.26. The summed E-state index contributed by atoms with van der Waals surface area (Å²) in [6, 6.07) is 3.60. The molecule has 0 N–H and O–H groups in total. The summed E-state index contributed by atoms with van der Waals surface area (Å²) in [5, 5.41) is 5.13. The van der Waals surface area contributed by atoms with Crippen molar-refractivity contribution in [2.75, 3.05) is 33.4 Å². The van der Waals surface area contributed by atoms with Gasteiger partial charge in [0.2, 0.25) is 0 Å². The molecule has 0 aliphatic rings. The molecule has 0 amide bonds. The number of imidazole rings is 1. The van der Waals surface area contributed by atoms with Crippen LogP contribution in [0.15, 0.2) is 29.7 Å². The van der Waals surface area contributed by atoms with Crippen molar-refractivity contribution in [2.24, 2.45) is 5.16 Å². The first-order chi connectivity index (χ1) is 14.1. The van der Waals surface area contributed by atoms with Gasteiger partial charge in [-0.2, -0.15) is 0 Å². The van der Waals surface area contributed by atoms with E-state index >= 15 is 0 Å². The summed E-state index contributed by atoms with van der Waals surface area (Å²) in [6.07, 6.45) is 5.82. The van der Waals surface area contributed by atoms with Gasteiger partial charge in [-0.15, -0.1) is 0 Å². The molecular weight excluding hydrogens is 411 g/mol. The van der Waals surface area contributed by atoms with Gasteiger partial charge in [0.05, 0.1) is 12.1 Å². The molecule has 1 aromatic carbocycles. The standard InChI is InChI=1S/C21H30Cl2N4O2/c1-5-8-12-27-13-11-24-21(27)20(25-29-15-14-26(6-2)7-3)16-9-10-17(28-4)19(23)18(16)22/h9-11,13H,5-8,12,14-15H2,1-4H3/b25-20-. The summed E-state index contributed by atoms with van der Waals surface area (Å²) in [4.78, 5) is 12.5. The second-order valence-electron chi connectivity index (χ2n) is 6.54. The lowest BCUT2D eigenvalue weighted by atomic mass is 10.1. The molecule has 0 radical (unpaired) electrons. The largest absolute Gasteiger partial charge is 0.495 e. The van der Waals surface area contributed by atoms with Gasteiger partial charge in [0.15, 0.2) is 11.5 Å². The Hall–Kier alpha value is -1.76. The maximum atomic E-state index is 6.56. The maximum absolute atomic E-state index is 6.56. The van der Waals surface area contributed by atoms with Gasteiger partial charge in [0.25, 0.3) is 0 Å². The van der Waals surface area contributed by atoms with Crippen LogP contribution in [-0.4, -0.2) is 53.5 Å². The van der Waals surface area contributed by atoms with Crippen LogP contribution in [0.2, 0.25) is 10.0 Å².